The number of rotatable bonds is 1. The van der Waals surface area contributed by atoms with Gasteiger partial charge in [-0.25, -0.2) is 0 Å². The third-order valence-corrected chi connectivity index (χ3v) is 1.58. The Morgan fingerprint density at radius 3 is 1.80 bits per heavy atom. The van der Waals surface area contributed by atoms with Crippen molar-refractivity contribution in [1.82, 2.24) is 4.90 Å². The standard InChI is InChI=1S/C7H13N.C2H6.H2/c1-7(2)8-5-3-4-6-8;1-2;/h3-4,7H,5-6H2,1-2H3;1-2H3;1H/i;;1+1. The van der Waals surface area contributed by atoms with E-state index in [1.165, 1.54) is 0 Å². The molecule has 1 heteroatoms. The van der Waals surface area contributed by atoms with Crippen LogP contribution in [0, 0.1) is 0 Å². The smallest absolute Gasteiger partial charge is 0.0169 e. The molecule has 0 spiro atoms. The summed E-state index contributed by atoms with van der Waals surface area (Å²) in [5.41, 5.74) is 0. The van der Waals surface area contributed by atoms with Crippen molar-refractivity contribution < 1.29 is 1.43 Å². The molecule has 0 atom stereocenters. The Hall–Kier alpha value is -0.300. The van der Waals surface area contributed by atoms with Crippen LogP contribution in [-0.2, 0) is 0 Å². The maximum Gasteiger partial charge on any atom is 0.0169 e. The molecule has 0 amide bonds. The number of nitrogens with zero attached hydrogens (tertiary/aromatic N) is 1. The molecule has 0 saturated carbocycles. The van der Waals surface area contributed by atoms with Crippen LogP contribution in [-0.4, -0.2) is 24.0 Å². The van der Waals surface area contributed by atoms with Crippen LogP contribution >= 0.6 is 0 Å². The summed E-state index contributed by atoms with van der Waals surface area (Å²) in [5, 5.41) is 0. The van der Waals surface area contributed by atoms with Gasteiger partial charge in [-0.05, 0) is 13.8 Å². The van der Waals surface area contributed by atoms with E-state index < -0.39 is 0 Å². The summed E-state index contributed by atoms with van der Waals surface area (Å²) in [6, 6.07) is 0.713. The van der Waals surface area contributed by atoms with Gasteiger partial charge in [0, 0.05) is 20.6 Å². The van der Waals surface area contributed by atoms with Gasteiger partial charge in [0.25, 0.3) is 0 Å². The van der Waals surface area contributed by atoms with E-state index in [-0.39, 0.29) is 1.43 Å². The molecule has 1 heterocycles. The van der Waals surface area contributed by atoms with Crippen molar-refractivity contribution in [1.29, 1.82) is 0 Å². The van der Waals surface area contributed by atoms with E-state index in [0.29, 0.717) is 6.04 Å². The Morgan fingerprint density at radius 2 is 1.60 bits per heavy atom. The van der Waals surface area contributed by atoms with Crippen molar-refractivity contribution in [2.45, 2.75) is 33.7 Å². The fourth-order valence-corrected chi connectivity index (χ4v) is 0.916. The number of hydrogen-bond acceptors (Lipinski definition) is 1. The summed E-state index contributed by atoms with van der Waals surface area (Å²) in [5.74, 6) is 0. The lowest BCUT2D eigenvalue weighted by Crippen LogP contribution is -2.27. The van der Waals surface area contributed by atoms with Gasteiger partial charge in [-0.2, -0.15) is 0 Å². The minimum absolute atomic E-state index is 0. The normalized spacial score (nSPS) is 17.3. The molecular weight excluding hydrogens is 122 g/mol. The second-order valence-electron chi connectivity index (χ2n) is 2.52. The second kappa shape index (κ2) is 5.48. The van der Waals surface area contributed by atoms with Crippen LogP contribution in [0.4, 0.5) is 0 Å². The zero-order valence-electron chi connectivity index (χ0n) is 7.59. The maximum atomic E-state index is 2.42. The lowest BCUT2D eigenvalue weighted by Gasteiger charge is -2.18. The molecule has 62 valence electrons. The molecule has 0 fully saturated rings. The van der Waals surface area contributed by atoms with E-state index >= 15 is 0 Å². The van der Waals surface area contributed by atoms with E-state index in [1.807, 2.05) is 13.8 Å². The van der Waals surface area contributed by atoms with Gasteiger partial charge in [0.05, 0.1) is 0 Å². The molecule has 1 aliphatic rings. The van der Waals surface area contributed by atoms with Crippen LogP contribution in [0.1, 0.15) is 29.1 Å². The first-order valence-electron chi connectivity index (χ1n) is 4.20. The van der Waals surface area contributed by atoms with Crippen LogP contribution in [0.3, 0.4) is 0 Å². The topological polar surface area (TPSA) is 3.24 Å². The maximum absolute atomic E-state index is 2.42. The number of hydrogen-bond donors (Lipinski definition) is 0. The molecule has 0 aliphatic carbocycles. The highest BCUT2D eigenvalue weighted by molar-refractivity contribution is 4.96. The van der Waals surface area contributed by atoms with Gasteiger partial charge in [0.2, 0.25) is 0 Å². The predicted octanol–water partition coefficient (Wildman–Crippen LogP) is 2.54. The van der Waals surface area contributed by atoms with Crippen molar-refractivity contribution in [2.24, 2.45) is 0 Å². The first kappa shape index (κ1) is 9.70. The molecule has 0 N–H and O–H groups in total. The summed E-state index contributed by atoms with van der Waals surface area (Å²) < 4.78 is 0. The second-order valence-corrected chi connectivity index (χ2v) is 2.52. The fourth-order valence-electron chi connectivity index (χ4n) is 0.916. The zero-order chi connectivity index (χ0) is 7.98. The Bertz CT molecular complexity index is 91.7. The molecule has 0 bridgehead atoms. The van der Waals surface area contributed by atoms with Crippen molar-refractivity contribution in [3.05, 3.63) is 12.2 Å². The molecule has 1 aliphatic heterocycles. The molecule has 1 nitrogen and oxygen atoms in total. The summed E-state index contributed by atoms with van der Waals surface area (Å²) >= 11 is 0. The highest BCUT2D eigenvalue weighted by atomic mass is 15.1. The third kappa shape index (κ3) is 3.02. The van der Waals surface area contributed by atoms with Crippen molar-refractivity contribution in [3.8, 4) is 0 Å². The van der Waals surface area contributed by atoms with Crippen LogP contribution < -0.4 is 0 Å². The lowest BCUT2D eigenvalue weighted by molar-refractivity contribution is 0.288. The minimum atomic E-state index is 0. The van der Waals surface area contributed by atoms with Crippen LogP contribution in [0.25, 0.3) is 0 Å². The zero-order valence-corrected chi connectivity index (χ0v) is 7.59. The van der Waals surface area contributed by atoms with E-state index in [4.69, 9.17) is 0 Å². The van der Waals surface area contributed by atoms with Crippen LogP contribution in [0.2, 0.25) is 0 Å². The highest BCUT2D eigenvalue weighted by Gasteiger charge is 2.07. The minimum Gasteiger partial charge on any atom is -0.294 e. The summed E-state index contributed by atoms with van der Waals surface area (Å²) in [4.78, 5) is 2.42. The van der Waals surface area contributed by atoms with Crippen molar-refractivity contribution in [2.75, 3.05) is 13.1 Å². The van der Waals surface area contributed by atoms with Crippen LogP contribution in [0.15, 0.2) is 12.2 Å². The van der Waals surface area contributed by atoms with Gasteiger partial charge in [-0.1, -0.05) is 26.0 Å². The summed E-state index contributed by atoms with van der Waals surface area (Å²) in [6.45, 7) is 10.8. The Kier molecular flexibility index (Phi) is 5.32. The Morgan fingerprint density at radius 1 is 1.20 bits per heavy atom. The molecule has 0 aromatic heterocycles. The first-order chi connectivity index (χ1) is 4.80. The highest BCUT2D eigenvalue weighted by Crippen LogP contribution is 2.02. The van der Waals surface area contributed by atoms with Gasteiger partial charge in [0.1, 0.15) is 0 Å². The van der Waals surface area contributed by atoms with Gasteiger partial charge in [0.15, 0.2) is 0 Å². The van der Waals surface area contributed by atoms with E-state index in [1.54, 1.807) is 0 Å². The van der Waals surface area contributed by atoms with Crippen molar-refractivity contribution in [3.63, 3.8) is 0 Å². The average molecular weight is 144 g/mol. The summed E-state index contributed by atoms with van der Waals surface area (Å²) in [7, 11) is 0. The van der Waals surface area contributed by atoms with E-state index in [0.717, 1.165) is 13.1 Å². The average Bonchev–Trinajstić information content (AvgIpc) is 2.42. The van der Waals surface area contributed by atoms with Crippen molar-refractivity contribution >= 4 is 0 Å². The van der Waals surface area contributed by atoms with E-state index in [9.17, 15) is 0 Å². The first-order valence-corrected chi connectivity index (χ1v) is 4.20. The lowest BCUT2D eigenvalue weighted by atomic mass is 10.3. The molecule has 1 rings (SSSR count). The molecule has 0 saturated heterocycles. The Labute approximate surface area is 66.2 Å². The van der Waals surface area contributed by atoms with Crippen LogP contribution in [0.5, 0.6) is 0 Å². The quantitative estimate of drug-likeness (QED) is 0.511. The molecular formula is C9H21N. The Balaban J connectivity index is 0. The third-order valence-electron chi connectivity index (χ3n) is 1.58. The largest absolute Gasteiger partial charge is 0.294 e. The monoisotopic (exact) mass is 144 g/mol. The molecule has 0 aromatic rings. The SMILES string of the molecule is CC.CC(C)N1CC=CC1.[2HH]. The molecule has 0 aromatic carbocycles. The van der Waals surface area contributed by atoms with Gasteiger partial charge in [-0.15, -0.1) is 0 Å². The predicted molar refractivity (Wildman–Crippen MR) is 49.3 cm³/mol. The fraction of sp³-hybridized carbons (Fsp3) is 0.778. The molecule has 10 heavy (non-hydrogen) atoms. The summed E-state index contributed by atoms with van der Waals surface area (Å²) in [6.07, 6.45) is 4.44. The van der Waals surface area contributed by atoms with E-state index in [2.05, 4.69) is 30.9 Å². The molecule has 0 unspecified atom stereocenters. The van der Waals surface area contributed by atoms with Gasteiger partial charge >= 0.3 is 0 Å². The van der Waals surface area contributed by atoms with Gasteiger partial charge < -0.3 is 0 Å². The molecule has 0 radical (unpaired) electrons. The van der Waals surface area contributed by atoms with Gasteiger partial charge in [-0.3, -0.25) is 4.90 Å².